The molecule has 0 amide bonds. The minimum atomic E-state index is -1.20. The molecular formula is C17H26O5. The highest BCUT2D eigenvalue weighted by Gasteiger charge is 2.17. The fourth-order valence-electron chi connectivity index (χ4n) is 2.02. The van der Waals surface area contributed by atoms with Gasteiger partial charge in [-0.1, -0.05) is 39.5 Å². The molecule has 0 fully saturated rings. The average Bonchev–Trinajstić information content (AvgIpc) is 2.50. The first-order chi connectivity index (χ1) is 10.6. The van der Waals surface area contributed by atoms with E-state index in [4.69, 9.17) is 14.6 Å². The van der Waals surface area contributed by atoms with Crippen molar-refractivity contribution in [1.82, 2.24) is 0 Å². The van der Waals surface area contributed by atoms with Crippen molar-refractivity contribution in [2.45, 2.75) is 52.4 Å². The fourth-order valence-corrected chi connectivity index (χ4v) is 2.02. The molecule has 0 bridgehead atoms. The lowest BCUT2D eigenvalue weighted by molar-refractivity contribution is 0.0692. The first-order valence-electron chi connectivity index (χ1n) is 7.96. The van der Waals surface area contributed by atoms with Gasteiger partial charge < -0.3 is 19.7 Å². The Morgan fingerprint density at radius 2 is 1.59 bits per heavy atom. The van der Waals surface area contributed by atoms with Crippen LogP contribution in [0.1, 0.15) is 62.7 Å². The minimum Gasteiger partial charge on any atom is -0.504 e. The second-order valence-electron chi connectivity index (χ2n) is 5.23. The van der Waals surface area contributed by atoms with Crippen molar-refractivity contribution in [2.24, 2.45) is 0 Å². The quantitative estimate of drug-likeness (QED) is 0.598. The van der Waals surface area contributed by atoms with Crippen molar-refractivity contribution in [3.8, 4) is 17.2 Å². The van der Waals surface area contributed by atoms with Crippen molar-refractivity contribution in [3.63, 3.8) is 0 Å². The fraction of sp³-hybridized carbons (Fsp3) is 0.588. The van der Waals surface area contributed by atoms with Crippen LogP contribution < -0.4 is 9.47 Å². The molecule has 22 heavy (non-hydrogen) atoms. The summed E-state index contributed by atoms with van der Waals surface area (Å²) < 4.78 is 11.1. The summed E-state index contributed by atoms with van der Waals surface area (Å²) in [5, 5.41) is 19.2. The van der Waals surface area contributed by atoms with E-state index in [1.807, 2.05) is 0 Å². The van der Waals surface area contributed by atoms with Crippen molar-refractivity contribution < 1.29 is 24.5 Å². The van der Waals surface area contributed by atoms with Crippen molar-refractivity contribution in [1.29, 1.82) is 0 Å². The summed E-state index contributed by atoms with van der Waals surface area (Å²) in [6.07, 6.45) is 6.01. The number of aromatic carboxylic acids is 1. The molecule has 0 aliphatic heterocycles. The van der Waals surface area contributed by atoms with Crippen LogP contribution >= 0.6 is 0 Å². The van der Waals surface area contributed by atoms with Crippen LogP contribution in [0.25, 0.3) is 0 Å². The Hall–Kier alpha value is -1.91. The third-order valence-electron chi connectivity index (χ3n) is 3.30. The number of carbonyl (C=O) groups is 1. The summed E-state index contributed by atoms with van der Waals surface area (Å²) >= 11 is 0. The Labute approximate surface area is 131 Å². The molecule has 0 radical (unpaired) electrons. The molecule has 0 unspecified atom stereocenters. The van der Waals surface area contributed by atoms with Gasteiger partial charge >= 0.3 is 5.97 Å². The molecule has 0 heterocycles. The zero-order valence-electron chi connectivity index (χ0n) is 13.4. The summed E-state index contributed by atoms with van der Waals surface area (Å²) in [6, 6.07) is 2.89. The van der Waals surface area contributed by atoms with Crippen LogP contribution in [0.4, 0.5) is 0 Å². The van der Waals surface area contributed by atoms with Gasteiger partial charge in [-0.05, 0) is 18.9 Å². The molecular weight excluding hydrogens is 284 g/mol. The highest BCUT2D eigenvalue weighted by molar-refractivity contribution is 5.92. The van der Waals surface area contributed by atoms with Crippen LogP contribution in [0, 0.1) is 0 Å². The SMILES string of the molecule is CCCCCOc1cc(OCCCCC)c(O)c(C(=O)O)c1. The number of phenols is 1. The van der Waals surface area contributed by atoms with Crippen LogP contribution in [0.15, 0.2) is 12.1 Å². The molecule has 5 heteroatoms. The Kier molecular flexibility index (Phi) is 8.18. The second kappa shape index (κ2) is 9.92. The summed E-state index contributed by atoms with van der Waals surface area (Å²) in [5.74, 6) is -0.960. The lowest BCUT2D eigenvalue weighted by Gasteiger charge is -2.13. The van der Waals surface area contributed by atoms with Crippen LogP contribution in [-0.4, -0.2) is 29.4 Å². The lowest BCUT2D eigenvalue weighted by atomic mass is 10.1. The topological polar surface area (TPSA) is 76.0 Å². The number of unbranched alkanes of at least 4 members (excludes halogenated alkanes) is 4. The first-order valence-corrected chi connectivity index (χ1v) is 7.96. The van der Waals surface area contributed by atoms with Gasteiger partial charge in [0.1, 0.15) is 11.3 Å². The number of benzene rings is 1. The third-order valence-corrected chi connectivity index (χ3v) is 3.30. The third kappa shape index (κ3) is 5.84. The smallest absolute Gasteiger partial charge is 0.339 e. The molecule has 0 aromatic heterocycles. The predicted molar refractivity (Wildman–Crippen MR) is 85.1 cm³/mol. The molecule has 0 saturated heterocycles. The number of hydrogen-bond donors (Lipinski definition) is 2. The Morgan fingerprint density at radius 1 is 1.00 bits per heavy atom. The van der Waals surface area contributed by atoms with Gasteiger partial charge in [0.05, 0.1) is 13.2 Å². The van der Waals surface area contributed by atoms with Gasteiger partial charge in [-0.15, -0.1) is 0 Å². The standard InChI is InChI=1S/C17H26O5/c1-3-5-7-9-21-13-11-14(17(19)20)16(18)15(12-13)22-10-8-6-4-2/h11-12,18H,3-10H2,1-2H3,(H,19,20). The molecule has 0 saturated carbocycles. The molecule has 2 N–H and O–H groups in total. The molecule has 1 rings (SSSR count). The van der Waals surface area contributed by atoms with Crippen LogP contribution in [0.2, 0.25) is 0 Å². The molecule has 0 aliphatic carbocycles. The highest BCUT2D eigenvalue weighted by atomic mass is 16.5. The number of hydrogen-bond acceptors (Lipinski definition) is 4. The van der Waals surface area contributed by atoms with E-state index in [1.54, 1.807) is 6.07 Å². The van der Waals surface area contributed by atoms with Gasteiger partial charge in [-0.2, -0.15) is 0 Å². The molecule has 0 atom stereocenters. The predicted octanol–water partition coefficient (Wildman–Crippen LogP) is 4.23. The maximum absolute atomic E-state index is 11.2. The zero-order chi connectivity index (χ0) is 16.4. The van der Waals surface area contributed by atoms with E-state index in [0.29, 0.717) is 19.0 Å². The number of ether oxygens (including phenoxy) is 2. The second-order valence-corrected chi connectivity index (χ2v) is 5.23. The van der Waals surface area contributed by atoms with E-state index in [0.717, 1.165) is 38.5 Å². The van der Waals surface area contributed by atoms with Crippen molar-refractivity contribution >= 4 is 5.97 Å². The van der Waals surface area contributed by atoms with Gasteiger partial charge in [-0.3, -0.25) is 0 Å². The van der Waals surface area contributed by atoms with Crippen molar-refractivity contribution in [2.75, 3.05) is 13.2 Å². The molecule has 1 aromatic carbocycles. The normalized spacial score (nSPS) is 10.5. The lowest BCUT2D eigenvalue weighted by Crippen LogP contribution is -2.04. The zero-order valence-corrected chi connectivity index (χ0v) is 13.4. The van der Waals surface area contributed by atoms with E-state index in [2.05, 4.69) is 13.8 Å². The Bertz CT molecular complexity index is 470. The maximum Gasteiger partial charge on any atom is 0.339 e. The summed E-state index contributed by atoms with van der Waals surface area (Å²) in [7, 11) is 0. The van der Waals surface area contributed by atoms with E-state index < -0.39 is 5.97 Å². The minimum absolute atomic E-state index is 0.168. The van der Waals surface area contributed by atoms with E-state index in [-0.39, 0.29) is 17.1 Å². The van der Waals surface area contributed by atoms with Gasteiger partial charge in [-0.25, -0.2) is 4.79 Å². The molecule has 5 nitrogen and oxygen atoms in total. The average molecular weight is 310 g/mol. The monoisotopic (exact) mass is 310 g/mol. The highest BCUT2D eigenvalue weighted by Crippen LogP contribution is 2.35. The van der Waals surface area contributed by atoms with Crippen molar-refractivity contribution in [3.05, 3.63) is 17.7 Å². The number of carboxylic acid groups (broad SMARTS) is 1. The molecule has 0 aliphatic rings. The summed E-state index contributed by atoms with van der Waals surface area (Å²) in [5.41, 5.74) is -0.196. The van der Waals surface area contributed by atoms with E-state index in [1.165, 1.54) is 6.07 Å². The van der Waals surface area contributed by atoms with E-state index >= 15 is 0 Å². The number of aromatic hydroxyl groups is 1. The van der Waals surface area contributed by atoms with Gasteiger partial charge in [0.25, 0.3) is 0 Å². The van der Waals surface area contributed by atoms with Crippen LogP contribution in [-0.2, 0) is 0 Å². The van der Waals surface area contributed by atoms with Gasteiger partial charge in [0, 0.05) is 6.07 Å². The Morgan fingerprint density at radius 3 is 2.14 bits per heavy atom. The van der Waals surface area contributed by atoms with Gasteiger partial charge in [0.15, 0.2) is 11.5 Å². The summed E-state index contributed by atoms with van der Waals surface area (Å²) in [6.45, 7) is 5.16. The van der Waals surface area contributed by atoms with Crippen LogP contribution in [0.5, 0.6) is 17.2 Å². The largest absolute Gasteiger partial charge is 0.504 e. The van der Waals surface area contributed by atoms with Gasteiger partial charge in [0.2, 0.25) is 0 Å². The number of rotatable bonds is 11. The Balaban J connectivity index is 2.79. The molecule has 1 aromatic rings. The van der Waals surface area contributed by atoms with Crippen LogP contribution in [0.3, 0.4) is 0 Å². The summed E-state index contributed by atoms with van der Waals surface area (Å²) in [4.78, 5) is 11.2. The first kappa shape index (κ1) is 18.1. The maximum atomic E-state index is 11.2. The number of carboxylic acids is 1. The molecule has 124 valence electrons. The molecule has 0 spiro atoms. The van der Waals surface area contributed by atoms with E-state index in [9.17, 15) is 9.90 Å².